The molecule has 2 N–H and O–H groups in total. The number of ketones is 1. The average molecular weight is 351 g/mol. The van der Waals surface area contributed by atoms with E-state index in [9.17, 15) is 9.18 Å². The lowest BCUT2D eigenvalue weighted by molar-refractivity contribution is 0.0968. The fourth-order valence-electron chi connectivity index (χ4n) is 2.25. The van der Waals surface area contributed by atoms with Crippen LogP contribution in [0.3, 0.4) is 0 Å². The summed E-state index contributed by atoms with van der Waals surface area (Å²) in [6.45, 7) is 1.97. The number of anilines is 1. The standard InChI is InChI=1S/C16H16BrFN2O/c1-2-10(11-4-3-5-12(18)8-11)9-14(21)16-13(19)6-7-15(17)20-16/h3-8,10H,2,9,19H2,1H3. The molecule has 1 aromatic heterocycles. The van der Waals surface area contributed by atoms with Crippen molar-refractivity contribution in [2.45, 2.75) is 25.7 Å². The van der Waals surface area contributed by atoms with Crippen LogP contribution in [-0.4, -0.2) is 10.8 Å². The zero-order valence-electron chi connectivity index (χ0n) is 11.6. The normalized spacial score (nSPS) is 12.1. The Labute approximate surface area is 131 Å². The molecule has 21 heavy (non-hydrogen) atoms. The van der Waals surface area contributed by atoms with Crippen LogP contribution in [0.15, 0.2) is 41.0 Å². The van der Waals surface area contributed by atoms with E-state index in [4.69, 9.17) is 5.73 Å². The number of hydrogen-bond donors (Lipinski definition) is 1. The molecular formula is C16H16BrFN2O. The van der Waals surface area contributed by atoms with E-state index in [2.05, 4.69) is 20.9 Å². The van der Waals surface area contributed by atoms with Crippen molar-refractivity contribution in [3.63, 3.8) is 0 Å². The molecule has 110 valence electrons. The molecule has 0 saturated carbocycles. The summed E-state index contributed by atoms with van der Waals surface area (Å²) in [5, 5.41) is 0. The molecule has 0 bridgehead atoms. The minimum atomic E-state index is -0.293. The SMILES string of the molecule is CCC(CC(=O)c1nc(Br)ccc1N)c1cccc(F)c1. The first kappa shape index (κ1) is 15.6. The molecule has 0 aliphatic rings. The van der Waals surface area contributed by atoms with E-state index in [0.717, 1.165) is 12.0 Å². The van der Waals surface area contributed by atoms with E-state index >= 15 is 0 Å². The molecule has 1 atom stereocenters. The van der Waals surface area contributed by atoms with Gasteiger partial charge in [0.2, 0.25) is 0 Å². The van der Waals surface area contributed by atoms with Crippen LogP contribution < -0.4 is 5.73 Å². The van der Waals surface area contributed by atoms with Crippen molar-refractivity contribution >= 4 is 27.4 Å². The third-order valence-electron chi connectivity index (χ3n) is 3.40. The van der Waals surface area contributed by atoms with Crippen LogP contribution in [-0.2, 0) is 0 Å². The maximum atomic E-state index is 13.3. The van der Waals surface area contributed by atoms with Gasteiger partial charge in [-0.2, -0.15) is 0 Å². The highest BCUT2D eigenvalue weighted by molar-refractivity contribution is 9.10. The summed E-state index contributed by atoms with van der Waals surface area (Å²) in [5.74, 6) is -0.475. The molecular weight excluding hydrogens is 335 g/mol. The third-order valence-corrected chi connectivity index (χ3v) is 3.84. The number of pyridine rings is 1. The van der Waals surface area contributed by atoms with Crippen molar-refractivity contribution in [2.75, 3.05) is 5.73 Å². The van der Waals surface area contributed by atoms with Crippen LogP contribution in [0.2, 0.25) is 0 Å². The van der Waals surface area contributed by atoms with Crippen LogP contribution in [0.5, 0.6) is 0 Å². The van der Waals surface area contributed by atoms with Gasteiger partial charge >= 0.3 is 0 Å². The number of carbonyl (C=O) groups is 1. The minimum Gasteiger partial charge on any atom is -0.397 e. The van der Waals surface area contributed by atoms with E-state index in [-0.39, 0.29) is 29.6 Å². The monoisotopic (exact) mass is 350 g/mol. The molecule has 2 rings (SSSR count). The summed E-state index contributed by atoms with van der Waals surface area (Å²) < 4.78 is 13.9. The van der Waals surface area contributed by atoms with Crippen LogP contribution in [0, 0.1) is 5.82 Å². The molecule has 0 radical (unpaired) electrons. The molecule has 2 aromatic rings. The number of halogens is 2. The molecule has 1 heterocycles. The van der Waals surface area contributed by atoms with Crippen molar-refractivity contribution in [3.8, 4) is 0 Å². The predicted octanol–water partition coefficient (Wildman–Crippen LogP) is 4.33. The van der Waals surface area contributed by atoms with Gasteiger partial charge in [0.05, 0.1) is 5.69 Å². The number of nitrogens with zero attached hydrogens (tertiary/aromatic N) is 1. The second-order valence-electron chi connectivity index (χ2n) is 4.86. The number of benzene rings is 1. The van der Waals surface area contributed by atoms with Gasteiger partial charge in [-0.05, 0) is 58.1 Å². The van der Waals surface area contributed by atoms with Gasteiger partial charge < -0.3 is 5.73 Å². The van der Waals surface area contributed by atoms with Gasteiger partial charge in [-0.25, -0.2) is 9.37 Å². The van der Waals surface area contributed by atoms with E-state index < -0.39 is 0 Å². The average Bonchev–Trinajstić information content (AvgIpc) is 2.47. The first-order valence-electron chi connectivity index (χ1n) is 6.72. The Hall–Kier alpha value is -1.75. The van der Waals surface area contributed by atoms with Crippen molar-refractivity contribution in [1.82, 2.24) is 4.98 Å². The van der Waals surface area contributed by atoms with Gasteiger partial charge in [0, 0.05) is 6.42 Å². The predicted molar refractivity (Wildman–Crippen MR) is 84.7 cm³/mol. The Bertz CT molecular complexity index is 660. The van der Waals surface area contributed by atoms with Crippen molar-refractivity contribution < 1.29 is 9.18 Å². The number of nitrogen functional groups attached to an aromatic ring is 1. The summed E-state index contributed by atoms with van der Waals surface area (Å²) in [4.78, 5) is 16.5. The zero-order valence-corrected chi connectivity index (χ0v) is 13.2. The Morgan fingerprint density at radius 2 is 2.14 bits per heavy atom. The van der Waals surface area contributed by atoms with E-state index in [1.54, 1.807) is 18.2 Å². The lowest BCUT2D eigenvalue weighted by atomic mass is 9.90. The Morgan fingerprint density at radius 3 is 2.81 bits per heavy atom. The molecule has 0 aliphatic carbocycles. The quantitative estimate of drug-likeness (QED) is 0.644. The summed E-state index contributed by atoms with van der Waals surface area (Å²) in [5.41, 5.74) is 7.25. The number of rotatable bonds is 5. The van der Waals surface area contributed by atoms with Crippen LogP contribution in [0.1, 0.15) is 41.7 Å². The van der Waals surface area contributed by atoms with Gasteiger partial charge in [0.15, 0.2) is 5.78 Å². The Balaban J connectivity index is 2.22. The fourth-order valence-corrected chi connectivity index (χ4v) is 2.56. The van der Waals surface area contributed by atoms with Crippen molar-refractivity contribution in [1.29, 1.82) is 0 Å². The molecule has 0 saturated heterocycles. The molecule has 3 nitrogen and oxygen atoms in total. The highest BCUT2D eigenvalue weighted by Crippen LogP contribution is 2.27. The largest absolute Gasteiger partial charge is 0.397 e. The topological polar surface area (TPSA) is 56.0 Å². The number of Topliss-reactive ketones (excluding diaryl/α,β-unsaturated/α-hetero) is 1. The summed E-state index contributed by atoms with van der Waals surface area (Å²) in [6.07, 6.45) is 0.997. The van der Waals surface area contributed by atoms with Crippen LogP contribution >= 0.6 is 15.9 Å². The molecule has 0 spiro atoms. The van der Waals surface area contributed by atoms with Crippen molar-refractivity contribution in [2.24, 2.45) is 0 Å². The highest BCUT2D eigenvalue weighted by Gasteiger charge is 2.19. The lowest BCUT2D eigenvalue weighted by Gasteiger charge is -2.15. The van der Waals surface area contributed by atoms with Gasteiger partial charge in [-0.1, -0.05) is 19.1 Å². The third kappa shape index (κ3) is 3.88. The summed E-state index contributed by atoms with van der Waals surface area (Å²) in [6, 6.07) is 9.69. The second-order valence-corrected chi connectivity index (χ2v) is 5.67. The lowest BCUT2D eigenvalue weighted by Crippen LogP contribution is -2.11. The summed E-state index contributed by atoms with van der Waals surface area (Å²) in [7, 11) is 0. The maximum absolute atomic E-state index is 13.3. The van der Waals surface area contributed by atoms with E-state index in [0.29, 0.717) is 10.3 Å². The zero-order chi connectivity index (χ0) is 15.4. The minimum absolute atomic E-state index is 0.0478. The number of aromatic nitrogens is 1. The summed E-state index contributed by atoms with van der Waals surface area (Å²) >= 11 is 3.23. The fraction of sp³-hybridized carbons (Fsp3) is 0.250. The Morgan fingerprint density at radius 1 is 1.38 bits per heavy atom. The molecule has 0 fully saturated rings. The molecule has 0 amide bonds. The van der Waals surface area contributed by atoms with E-state index in [1.807, 2.05) is 13.0 Å². The smallest absolute Gasteiger partial charge is 0.183 e. The Kier molecular flexibility index (Phi) is 5.07. The first-order chi connectivity index (χ1) is 10.0. The molecule has 5 heteroatoms. The van der Waals surface area contributed by atoms with Gasteiger partial charge in [-0.15, -0.1) is 0 Å². The number of nitrogens with two attached hydrogens (primary N) is 1. The van der Waals surface area contributed by atoms with Gasteiger partial charge in [0.25, 0.3) is 0 Å². The number of hydrogen-bond acceptors (Lipinski definition) is 3. The highest BCUT2D eigenvalue weighted by atomic mass is 79.9. The first-order valence-corrected chi connectivity index (χ1v) is 7.51. The molecule has 1 unspecified atom stereocenters. The van der Waals surface area contributed by atoms with Gasteiger partial charge in [0.1, 0.15) is 16.1 Å². The van der Waals surface area contributed by atoms with E-state index in [1.165, 1.54) is 12.1 Å². The maximum Gasteiger partial charge on any atom is 0.183 e. The van der Waals surface area contributed by atoms with Crippen LogP contribution in [0.25, 0.3) is 0 Å². The second kappa shape index (κ2) is 6.80. The molecule has 1 aromatic carbocycles. The van der Waals surface area contributed by atoms with Crippen LogP contribution in [0.4, 0.5) is 10.1 Å². The van der Waals surface area contributed by atoms with Crippen molar-refractivity contribution in [3.05, 3.63) is 58.1 Å². The molecule has 0 aliphatic heterocycles. The van der Waals surface area contributed by atoms with Gasteiger partial charge in [-0.3, -0.25) is 4.79 Å². The number of carbonyl (C=O) groups excluding carboxylic acids is 1.